The Morgan fingerprint density at radius 1 is 1.06 bits per heavy atom. The third kappa shape index (κ3) is 2.04. The summed E-state index contributed by atoms with van der Waals surface area (Å²) in [5.74, 6) is 0. The molecule has 0 aliphatic rings. The topological polar surface area (TPSA) is 12.9 Å². The highest BCUT2D eigenvalue weighted by molar-refractivity contribution is 7.13. The molecule has 0 radical (unpaired) electrons. The van der Waals surface area contributed by atoms with E-state index in [1.807, 2.05) is 0 Å². The van der Waals surface area contributed by atoms with Gasteiger partial charge in [-0.25, -0.2) is 4.98 Å². The van der Waals surface area contributed by atoms with Gasteiger partial charge in [0.25, 0.3) is 0 Å². The zero-order valence-corrected chi connectivity index (χ0v) is 11.2. The number of nitrogens with zero attached hydrogens (tertiary/aromatic N) is 1. The highest BCUT2D eigenvalue weighted by Gasteiger charge is 2.07. The monoisotopic (exact) mass is 253 g/mol. The van der Waals surface area contributed by atoms with Crippen LogP contribution >= 0.6 is 11.3 Å². The van der Waals surface area contributed by atoms with Crippen molar-refractivity contribution in [3.05, 3.63) is 53.5 Å². The molecule has 3 rings (SSSR count). The first-order chi connectivity index (χ1) is 8.88. The third-order valence-corrected chi connectivity index (χ3v) is 4.00. The molecule has 0 N–H and O–H groups in total. The molecule has 0 spiro atoms. The lowest BCUT2D eigenvalue weighted by Gasteiger charge is -2.03. The minimum atomic E-state index is 1.07. The Morgan fingerprint density at radius 2 is 1.89 bits per heavy atom. The van der Waals surface area contributed by atoms with Gasteiger partial charge in [-0.2, -0.15) is 0 Å². The fourth-order valence-electron chi connectivity index (χ4n) is 2.21. The summed E-state index contributed by atoms with van der Waals surface area (Å²) in [7, 11) is 0. The summed E-state index contributed by atoms with van der Waals surface area (Å²) in [6, 6.07) is 14.9. The lowest BCUT2D eigenvalue weighted by Crippen LogP contribution is -1.84. The van der Waals surface area contributed by atoms with Gasteiger partial charge in [-0.1, -0.05) is 55.8 Å². The fourth-order valence-corrected chi connectivity index (χ4v) is 3.11. The summed E-state index contributed by atoms with van der Waals surface area (Å²) in [6.45, 7) is 2.19. The minimum absolute atomic E-state index is 1.07. The largest absolute Gasteiger partial charge is 0.241 e. The van der Waals surface area contributed by atoms with Gasteiger partial charge in [-0.05, 0) is 17.2 Å². The maximum absolute atomic E-state index is 4.74. The van der Waals surface area contributed by atoms with Crippen molar-refractivity contribution in [3.63, 3.8) is 0 Å². The van der Waals surface area contributed by atoms with E-state index >= 15 is 0 Å². The molecule has 0 saturated heterocycles. The van der Waals surface area contributed by atoms with Crippen LogP contribution < -0.4 is 0 Å². The molecule has 90 valence electrons. The Balaban J connectivity index is 2.12. The van der Waals surface area contributed by atoms with Crippen LogP contribution in [0.15, 0.2) is 47.8 Å². The van der Waals surface area contributed by atoms with Gasteiger partial charge in [0.15, 0.2) is 0 Å². The van der Waals surface area contributed by atoms with E-state index in [4.69, 9.17) is 4.98 Å². The Hall–Kier alpha value is -1.67. The minimum Gasteiger partial charge on any atom is -0.241 e. The number of thiazole rings is 1. The summed E-state index contributed by atoms with van der Waals surface area (Å²) in [5.41, 5.74) is 2.46. The zero-order valence-electron chi connectivity index (χ0n) is 10.4. The van der Waals surface area contributed by atoms with Gasteiger partial charge in [-0.3, -0.25) is 0 Å². The van der Waals surface area contributed by atoms with Gasteiger partial charge in [0.1, 0.15) is 5.01 Å². The number of aromatic nitrogens is 1. The van der Waals surface area contributed by atoms with Crippen LogP contribution in [0, 0.1) is 0 Å². The number of aryl methyl sites for hydroxylation is 1. The molecule has 0 aliphatic heterocycles. The molecule has 0 bridgehead atoms. The quantitative estimate of drug-likeness (QED) is 0.646. The summed E-state index contributed by atoms with van der Waals surface area (Å²) in [4.78, 5) is 4.74. The van der Waals surface area contributed by atoms with E-state index in [1.54, 1.807) is 11.3 Å². The molecule has 0 atom stereocenters. The number of hydrogen-bond donors (Lipinski definition) is 0. The van der Waals surface area contributed by atoms with Crippen molar-refractivity contribution >= 4 is 22.1 Å². The van der Waals surface area contributed by atoms with Crippen LogP contribution in [0.25, 0.3) is 21.3 Å². The second kappa shape index (κ2) is 4.91. The van der Waals surface area contributed by atoms with Gasteiger partial charge in [0, 0.05) is 10.9 Å². The molecule has 3 aromatic rings. The Labute approximate surface area is 111 Å². The molecule has 0 saturated carbocycles. The van der Waals surface area contributed by atoms with Crippen molar-refractivity contribution in [1.82, 2.24) is 4.98 Å². The van der Waals surface area contributed by atoms with Gasteiger partial charge in [0.2, 0.25) is 0 Å². The first kappa shape index (κ1) is 11.4. The van der Waals surface area contributed by atoms with Crippen molar-refractivity contribution in [2.45, 2.75) is 19.8 Å². The Kier molecular flexibility index (Phi) is 3.11. The van der Waals surface area contributed by atoms with Gasteiger partial charge < -0.3 is 0 Å². The van der Waals surface area contributed by atoms with Crippen molar-refractivity contribution in [1.29, 1.82) is 0 Å². The Bertz CT molecular complexity index is 664. The molecule has 1 aromatic heterocycles. The van der Waals surface area contributed by atoms with E-state index < -0.39 is 0 Å². The Morgan fingerprint density at radius 3 is 2.78 bits per heavy atom. The van der Waals surface area contributed by atoms with E-state index in [0.29, 0.717) is 0 Å². The lowest BCUT2D eigenvalue weighted by molar-refractivity contribution is 0.894. The second-order valence-electron chi connectivity index (χ2n) is 4.42. The number of hydrogen-bond acceptors (Lipinski definition) is 2. The van der Waals surface area contributed by atoms with E-state index in [-0.39, 0.29) is 0 Å². The van der Waals surface area contributed by atoms with Crippen LogP contribution in [0.2, 0.25) is 0 Å². The van der Waals surface area contributed by atoms with E-state index in [9.17, 15) is 0 Å². The molecular weight excluding hydrogens is 238 g/mol. The summed E-state index contributed by atoms with van der Waals surface area (Å²) in [5, 5.41) is 5.88. The summed E-state index contributed by atoms with van der Waals surface area (Å²) < 4.78 is 0. The molecular formula is C16H15NS. The fraction of sp³-hybridized carbons (Fsp3) is 0.188. The predicted octanol–water partition coefficient (Wildman–Crippen LogP) is 4.92. The van der Waals surface area contributed by atoms with Crippen LogP contribution in [0.4, 0.5) is 0 Å². The molecule has 0 aliphatic carbocycles. The number of rotatable bonds is 3. The molecule has 1 nitrogen and oxygen atoms in total. The average molecular weight is 253 g/mol. The lowest BCUT2D eigenvalue weighted by atomic mass is 10.1. The van der Waals surface area contributed by atoms with Crippen LogP contribution in [0.5, 0.6) is 0 Å². The second-order valence-corrected chi connectivity index (χ2v) is 5.28. The van der Waals surface area contributed by atoms with E-state index in [1.165, 1.54) is 22.0 Å². The highest BCUT2D eigenvalue weighted by Crippen LogP contribution is 2.30. The standard InChI is InChI=1S/C16H15NS/c1-2-6-13-11-18-16(17-13)15-10-5-8-12-7-3-4-9-14(12)15/h3-5,7-11H,2,6H2,1H3. The number of benzene rings is 2. The van der Waals surface area contributed by atoms with Crippen LogP contribution in [0.3, 0.4) is 0 Å². The smallest absolute Gasteiger partial charge is 0.124 e. The molecule has 0 amide bonds. The van der Waals surface area contributed by atoms with Crippen molar-refractivity contribution in [3.8, 4) is 10.6 Å². The third-order valence-electron chi connectivity index (χ3n) is 3.08. The molecule has 0 unspecified atom stereocenters. The van der Waals surface area contributed by atoms with E-state index in [2.05, 4.69) is 54.8 Å². The summed E-state index contributed by atoms with van der Waals surface area (Å²) in [6.07, 6.45) is 2.22. The SMILES string of the molecule is CCCc1csc(-c2cccc3ccccc23)n1. The molecule has 2 heteroatoms. The first-order valence-corrected chi connectivity index (χ1v) is 7.19. The highest BCUT2D eigenvalue weighted by atomic mass is 32.1. The van der Waals surface area contributed by atoms with Crippen LogP contribution in [0.1, 0.15) is 19.0 Å². The van der Waals surface area contributed by atoms with Crippen LogP contribution in [-0.2, 0) is 6.42 Å². The molecule has 2 aromatic carbocycles. The van der Waals surface area contributed by atoms with Gasteiger partial charge in [-0.15, -0.1) is 11.3 Å². The van der Waals surface area contributed by atoms with Gasteiger partial charge in [0.05, 0.1) is 5.69 Å². The summed E-state index contributed by atoms with van der Waals surface area (Å²) >= 11 is 1.75. The zero-order chi connectivity index (χ0) is 12.4. The number of fused-ring (bicyclic) bond motifs is 1. The maximum Gasteiger partial charge on any atom is 0.124 e. The van der Waals surface area contributed by atoms with E-state index in [0.717, 1.165) is 17.8 Å². The van der Waals surface area contributed by atoms with Gasteiger partial charge >= 0.3 is 0 Å². The molecule has 0 fully saturated rings. The van der Waals surface area contributed by atoms with Crippen LogP contribution in [-0.4, -0.2) is 4.98 Å². The average Bonchev–Trinajstić information content (AvgIpc) is 2.87. The van der Waals surface area contributed by atoms with Crippen molar-refractivity contribution < 1.29 is 0 Å². The predicted molar refractivity (Wildman–Crippen MR) is 79.1 cm³/mol. The molecule has 1 heterocycles. The first-order valence-electron chi connectivity index (χ1n) is 6.31. The van der Waals surface area contributed by atoms with Crippen molar-refractivity contribution in [2.24, 2.45) is 0 Å². The molecule has 18 heavy (non-hydrogen) atoms. The normalized spacial score (nSPS) is 10.9. The maximum atomic E-state index is 4.74. The van der Waals surface area contributed by atoms with Crippen molar-refractivity contribution in [2.75, 3.05) is 0 Å².